The number of hydrogen-bond donors (Lipinski definition) is 0. The van der Waals surface area contributed by atoms with Gasteiger partial charge >= 0.3 is 23.6 Å². The Hall–Kier alpha value is -3.84. The van der Waals surface area contributed by atoms with Gasteiger partial charge in [0.05, 0.1) is 0 Å². The molecule has 0 aromatic carbocycles. The Labute approximate surface area is 182 Å². The summed E-state index contributed by atoms with van der Waals surface area (Å²) in [7, 11) is 0. The van der Waals surface area contributed by atoms with Gasteiger partial charge in [-0.3, -0.25) is 9.59 Å². The van der Waals surface area contributed by atoms with E-state index in [9.17, 15) is 29.8 Å². The van der Waals surface area contributed by atoms with Crippen LogP contribution < -0.4 is 0 Å². The van der Waals surface area contributed by atoms with Crippen LogP contribution in [0.4, 0.5) is 11.6 Å². The number of unbranched alkanes of at least 4 members (excludes halogenated alkanes) is 1. The molecule has 0 atom stereocenters. The summed E-state index contributed by atoms with van der Waals surface area (Å²) in [6, 6.07) is 0. The van der Waals surface area contributed by atoms with Crippen molar-refractivity contribution in [3.63, 3.8) is 0 Å². The Morgan fingerprint density at radius 1 is 0.844 bits per heavy atom. The van der Waals surface area contributed by atoms with Crippen LogP contribution in [-0.2, 0) is 32.2 Å². The third-order valence-corrected chi connectivity index (χ3v) is 4.61. The zero-order chi connectivity index (χ0) is 23.7. The minimum atomic E-state index is -0.557. The summed E-state index contributed by atoms with van der Waals surface area (Å²) < 4.78 is 12.8. The van der Waals surface area contributed by atoms with Crippen molar-refractivity contribution in [3.8, 4) is 0 Å². The lowest BCUT2D eigenvalue weighted by Crippen LogP contribution is -2.14. The van der Waals surface area contributed by atoms with Crippen molar-refractivity contribution >= 4 is 23.6 Å². The molecule has 0 N–H and O–H groups in total. The van der Waals surface area contributed by atoms with Crippen LogP contribution in [-0.4, -0.2) is 54.1 Å². The smallest absolute Gasteiger partial charge is 0.342 e. The van der Waals surface area contributed by atoms with Crippen LogP contribution in [0.5, 0.6) is 0 Å². The summed E-state index contributed by atoms with van der Waals surface area (Å²) in [5.74, 6) is -0.388. The summed E-state index contributed by atoms with van der Waals surface area (Å²) in [5.41, 5.74) is 0. The van der Waals surface area contributed by atoms with Crippen molar-refractivity contribution in [2.24, 2.45) is 0 Å². The van der Waals surface area contributed by atoms with E-state index >= 15 is 0 Å². The normalized spacial score (nSPS) is 10.7. The van der Waals surface area contributed by atoms with Crippen LogP contribution in [0.2, 0.25) is 0 Å². The van der Waals surface area contributed by atoms with E-state index in [0.717, 1.165) is 12.4 Å². The molecule has 0 saturated heterocycles. The molecule has 0 aliphatic heterocycles. The first-order valence-electron chi connectivity index (χ1n) is 9.85. The van der Waals surface area contributed by atoms with Gasteiger partial charge in [-0.15, -0.1) is 0 Å². The van der Waals surface area contributed by atoms with Crippen LogP contribution in [0, 0.1) is 34.1 Å². The summed E-state index contributed by atoms with van der Waals surface area (Å²) in [4.78, 5) is 52.0. The molecule has 14 heteroatoms. The second-order valence-corrected chi connectivity index (χ2v) is 6.79. The van der Waals surface area contributed by atoms with Crippen molar-refractivity contribution < 1.29 is 28.9 Å². The maximum Gasteiger partial charge on any atom is 0.342 e. The molecule has 2 aromatic rings. The lowest BCUT2D eigenvalue weighted by molar-refractivity contribution is -0.392. The van der Waals surface area contributed by atoms with Gasteiger partial charge in [0, 0.05) is 26.7 Å². The van der Waals surface area contributed by atoms with Gasteiger partial charge in [0.2, 0.25) is 0 Å². The van der Waals surface area contributed by atoms with E-state index in [1.165, 1.54) is 9.13 Å². The van der Waals surface area contributed by atoms with E-state index in [4.69, 9.17) is 9.47 Å². The van der Waals surface area contributed by atoms with E-state index in [1.54, 1.807) is 13.8 Å². The first kappa shape index (κ1) is 24.4. The summed E-state index contributed by atoms with van der Waals surface area (Å²) in [6.45, 7) is 3.42. The molecule has 0 aliphatic carbocycles. The number of rotatable bonds is 13. The number of imidazole rings is 2. The first-order chi connectivity index (χ1) is 15.2. The summed E-state index contributed by atoms with van der Waals surface area (Å²) >= 11 is 0. The molecule has 0 radical (unpaired) electrons. The Kier molecular flexibility index (Phi) is 8.80. The number of esters is 2. The minimum Gasteiger partial charge on any atom is -0.461 e. The summed E-state index contributed by atoms with van der Waals surface area (Å²) in [5, 5.41) is 21.8. The van der Waals surface area contributed by atoms with Gasteiger partial charge in [-0.05, 0) is 22.7 Å². The van der Waals surface area contributed by atoms with E-state index < -0.39 is 21.8 Å². The largest absolute Gasteiger partial charge is 0.461 e. The number of carbonyl (C=O) groups excluding carboxylic acids is 2. The number of nitro groups is 2. The molecule has 0 amide bonds. The predicted molar refractivity (Wildman–Crippen MR) is 108 cm³/mol. The Morgan fingerprint density at radius 3 is 1.56 bits per heavy atom. The van der Waals surface area contributed by atoms with Gasteiger partial charge < -0.3 is 29.7 Å². The van der Waals surface area contributed by atoms with Gasteiger partial charge in [0.25, 0.3) is 0 Å². The second kappa shape index (κ2) is 11.5. The number of ether oxygens (including phenoxy) is 2. The highest BCUT2D eigenvalue weighted by Crippen LogP contribution is 2.14. The number of carbonyl (C=O) groups is 2. The van der Waals surface area contributed by atoms with Crippen molar-refractivity contribution in [2.45, 2.75) is 52.6 Å². The molecule has 2 rings (SSSR count). The standard InChI is InChI=1S/C18H24N6O8/c1-13-19-11-15(23(27)28)21(13)7-9-31-17(25)5-3-4-6-18(26)32-10-8-22-14(2)20-12-16(22)24(29)30/h11-12H,3-10H2,1-2H3. The number of aryl methyl sites for hydroxylation is 2. The molecule has 0 spiro atoms. The first-order valence-corrected chi connectivity index (χ1v) is 9.85. The highest BCUT2D eigenvalue weighted by atomic mass is 16.6. The van der Waals surface area contributed by atoms with Gasteiger partial charge in [-0.1, -0.05) is 0 Å². The number of hydrogen-bond acceptors (Lipinski definition) is 10. The highest BCUT2D eigenvalue weighted by Gasteiger charge is 2.18. The third kappa shape index (κ3) is 6.85. The van der Waals surface area contributed by atoms with Crippen molar-refractivity contribution in [1.29, 1.82) is 0 Å². The molecule has 2 aromatic heterocycles. The highest BCUT2D eigenvalue weighted by molar-refractivity contribution is 5.70. The van der Waals surface area contributed by atoms with Crippen molar-refractivity contribution in [2.75, 3.05) is 13.2 Å². The average molecular weight is 452 g/mol. The second-order valence-electron chi connectivity index (χ2n) is 6.79. The predicted octanol–water partition coefficient (Wildman–Crippen LogP) is 1.86. The van der Waals surface area contributed by atoms with Crippen LogP contribution in [0.25, 0.3) is 0 Å². The zero-order valence-corrected chi connectivity index (χ0v) is 17.8. The quantitative estimate of drug-likeness (QED) is 0.189. The number of nitrogens with zero attached hydrogens (tertiary/aromatic N) is 6. The average Bonchev–Trinajstić information content (AvgIpc) is 3.28. The molecule has 0 saturated carbocycles. The van der Waals surface area contributed by atoms with Gasteiger partial charge in [0.15, 0.2) is 11.6 Å². The Balaban J connectivity index is 1.59. The van der Waals surface area contributed by atoms with Crippen LogP contribution in [0.1, 0.15) is 37.3 Å². The minimum absolute atomic E-state index is 0.0290. The third-order valence-electron chi connectivity index (χ3n) is 4.61. The fourth-order valence-corrected chi connectivity index (χ4v) is 2.94. The molecule has 32 heavy (non-hydrogen) atoms. The van der Waals surface area contributed by atoms with E-state index in [2.05, 4.69) is 9.97 Å². The SMILES string of the molecule is Cc1ncc([N+](=O)[O-])n1CCOC(=O)CCCCC(=O)OCCn1c([N+](=O)[O-])cnc1C. The summed E-state index contributed by atoms with van der Waals surface area (Å²) in [6.07, 6.45) is 3.30. The lowest BCUT2D eigenvalue weighted by atomic mass is 10.2. The molecular formula is C18H24N6O8. The van der Waals surface area contributed by atoms with Gasteiger partial charge in [-0.2, -0.15) is 0 Å². The van der Waals surface area contributed by atoms with Crippen LogP contribution in [0.3, 0.4) is 0 Å². The molecular weight excluding hydrogens is 428 g/mol. The van der Waals surface area contributed by atoms with Gasteiger partial charge in [0.1, 0.15) is 38.7 Å². The fraction of sp³-hybridized carbons (Fsp3) is 0.556. The molecule has 0 fully saturated rings. The Morgan fingerprint density at radius 2 is 1.22 bits per heavy atom. The van der Waals surface area contributed by atoms with Crippen LogP contribution in [0.15, 0.2) is 12.4 Å². The molecule has 174 valence electrons. The topological polar surface area (TPSA) is 175 Å². The molecule has 2 heterocycles. The molecule has 0 unspecified atom stereocenters. The number of aromatic nitrogens is 4. The zero-order valence-electron chi connectivity index (χ0n) is 17.8. The van der Waals surface area contributed by atoms with Crippen molar-refractivity contribution in [1.82, 2.24) is 19.1 Å². The maximum absolute atomic E-state index is 11.8. The molecule has 14 nitrogen and oxygen atoms in total. The van der Waals surface area contributed by atoms with Gasteiger partial charge in [-0.25, -0.2) is 19.1 Å². The Bertz CT molecular complexity index is 904. The van der Waals surface area contributed by atoms with E-state index in [-0.39, 0.29) is 50.8 Å². The van der Waals surface area contributed by atoms with E-state index in [1.807, 2.05) is 0 Å². The monoisotopic (exact) mass is 452 g/mol. The molecule has 0 aliphatic rings. The fourth-order valence-electron chi connectivity index (χ4n) is 2.94. The van der Waals surface area contributed by atoms with Crippen molar-refractivity contribution in [3.05, 3.63) is 44.3 Å². The van der Waals surface area contributed by atoms with Crippen LogP contribution >= 0.6 is 0 Å². The molecule has 0 bridgehead atoms. The maximum atomic E-state index is 11.8. The lowest BCUT2D eigenvalue weighted by Gasteiger charge is -2.06. The van der Waals surface area contributed by atoms with E-state index in [0.29, 0.717) is 24.5 Å².